The third-order valence-electron chi connectivity index (χ3n) is 7.76. The van der Waals surface area contributed by atoms with E-state index in [0.29, 0.717) is 18.4 Å². The standard InChI is InChI=1S/C37H58O5P2Si2/c1-36(2,3)32-27-31(28-33(34(32)38)37(4,5)6)35(43(39,41-45(7,8)9)25-23-29-19-15-13-16-20-29)44(40,42-46(10,11)12)26-24-30-21-17-14-18-22-30/h13-22,27-28,35,38H,23-26H2,1-12H3. The Balaban J connectivity index is 2.43. The Kier molecular flexibility index (Phi) is 12.1. The molecule has 3 rings (SSSR count). The zero-order valence-electron chi connectivity index (χ0n) is 30.3. The maximum atomic E-state index is 16.0. The molecule has 5 nitrogen and oxygen atoms in total. The first-order valence-electron chi connectivity index (χ1n) is 16.5. The summed E-state index contributed by atoms with van der Waals surface area (Å²) >= 11 is 0. The first kappa shape index (κ1) is 38.7. The average molecular weight is 701 g/mol. The van der Waals surface area contributed by atoms with Gasteiger partial charge in [0.1, 0.15) is 11.1 Å². The monoisotopic (exact) mass is 700 g/mol. The lowest BCUT2D eigenvalue weighted by Gasteiger charge is -2.40. The van der Waals surface area contributed by atoms with Crippen LogP contribution in [0.3, 0.4) is 0 Å². The summed E-state index contributed by atoms with van der Waals surface area (Å²) in [5, 5.41) is 10.7. The highest BCUT2D eigenvalue weighted by Crippen LogP contribution is 2.79. The van der Waals surface area contributed by atoms with Crippen molar-refractivity contribution in [3.8, 4) is 5.75 Å². The smallest absolute Gasteiger partial charge is 0.210 e. The molecule has 0 saturated carbocycles. The summed E-state index contributed by atoms with van der Waals surface area (Å²) in [5.41, 5.74) is 3.43. The molecule has 0 aliphatic carbocycles. The van der Waals surface area contributed by atoms with Crippen LogP contribution in [0.25, 0.3) is 0 Å². The van der Waals surface area contributed by atoms with E-state index in [1.54, 1.807) is 0 Å². The van der Waals surface area contributed by atoms with Crippen LogP contribution in [0.4, 0.5) is 0 Å². The summed E-state index contributed by atoms with van der Waals surface area (Å²) in [6.07, 6.45) is 1.54. The van der Waals surface area contributed by atoms with Crippen molar-refractivity contribution in [2.45, 2.75) is 110 Å². The second-order valence-corrected chi connectivity index (χ2v) is 31.8. The summed E-state index contributed by atoms with van der Waals surface area (Å²) in [4.78, 5) is 0. The van der Waals surface area contributed by atoms with Gasteiger partial charge in [-0.15, -0.1) is 0 Å². The number of aromatic hydroxyl groups is 1. The van der Waals surface area contributed by atoms with Gasteiger partial charge >= 0.3 is 0 Å². The molecule has 9 heteroatoms. The number of phenols is 1. The molecule has 0 radical (unpaired) electrons. The molecule has 0 bridgehead atoms. The second-order valence-electron chi connectivity index (χ2n) is 16.6. The summed E-state index contributed by atoms with van der Waals surface area (Å²) in [5.74, 6) is 0.234. The van der Waals surface area contributed by atoms with Gasteiger partial charge < -0.3 is 13.5 Å². The van der Waals surface area contributed by atoms with Crippen molar-refractivity contribution in [3.63, 3.8) is 0 Å². The van der Waals surface area contributed by atoms with E-state index in [0.717, 1.165) is 22.3 Å². The molecule has 46 heavy (non-hydrogen) atoms. The summed E-state index contributed by atoms with van der Waals surface area (Å²) in [6.45, 7) is 24.7. The number of benzene rings is 3. The molecule has 3 aromatic carbocycles. The fourth-order valence-corrected chi connectivity index (χ4v) is 21.4. The normalized spacial score (nSPS) is 16.4. The van der Waals surface area contributed by atoms with Gasteiger partial charge in [-0.2, -0.15) is 0 Å². The molecule has 0 heterocycles. The van der Waals surface area contributed by atoms with E-state index in [-0.39, 0.29) is 18.1 Å². The third kappa shape index (κ3) is 10.6. The van der Waals surface area contributed by atoms with E-state index in [1.807, 2.05) is 112 Å². The molecule has 0 fully saturated rings. The lowest BCUT2D eigenvalue weighted by Crippen LogP contribution is -2.30. The maximum absolute atomic E-state index is 16.0. The highest BCUT2D eigenvalue weighted by atomic mass is 31.2. The van der Waals surface area contributed by atoms with Gasteiger partial charge in [-0.05, 0) is 90.8 Å². The van der Waals surface area contributed by atoms with E-state index in [4.69, 9.17) is 8.43 Å². The van der Waals surface area contributed by atoms with Gasteiger partial charge in [0.15, 0.2) is 16.6 Å². The molecule has 3 aromatic rings. The fraction of sp³-hybridized carbons (Fsp3) is 0.514. The SMILES string of the molecule is CC(C)(C)c1cc(C(P(=O)(CCc2ccccc2)O[Si](C)(C)C)P(=O)(CCc2ccccc2)O[Si](C)(C)C)cc(C(C)(C)C)c1O. The molecule has 2 unspecified atom stereocenters. The molecule has 0 saturated heterocycles. The van der Waals surface area contributed by atoms with Crippen LogP contribution in [-0.4, -0.2) is 34.1 Å². The van der Waals surface area contributed by atoms with E-state index >= 15 is 9.13 Å². The Labute approximate surface area is 281 Å². The van der Waals surface area contributed by atoms with Crippen molar-refractivity contribution < 1.29 is 22.7 Å². The Morgan fingerprint density at radius 2 is 0.957 bits per heavy atom. The molecule has 0 amide bonds. The number of hydrogen-bond donors (Lipinski definition) is 1. The minimum Gasteiger partial charge on any atom is -0.507 e. The van der Waals surface area contributed by atoms with Crippen LogP contribution in [0, 0.1) is 0 Å². The van der Waals surface area contributed by atoms with Crippen LogP contribution in [0.15, 0.2) is 72.8 Å². The molecular weight excluding hydrogens is 643 g/mol. The Hall–Kier alpha value is -1.73. The molecule has 254 valence electrons. The van der Waals surface area contributed by atoms with E-state index < -0.39 is 47.6 Å². The molecule has 0 spiro atoms. The molecule has 1 N–H and O–H groups in total. The Morgan fingerprint density at radius 1 is 0.630 bits per heavy atom. The van der Waals surface area contributed by atoms with Crippen molar-refractivity contribution >= 4 is 31.4 Å². The Morgan fingerprint density at radius 3 is 1.24 bits per heavy atom. The van der Waals surface area contributed by atoms with Crippen LogP contribution in [0.2, 0.25) is 39.3 Å². The average Bonchev–Trinajstić information content (AvgIpc) is 2.89. The van der Waals surface area contributed by atoms with Crippen molar-refractivity contribution in [3.05, 3.63) is 101 Å². The maximum Gasteiger partial charge on any atom is 0.210 e. The van der Waals surface area contributed by atoms with Crippen LogP contribution in [0.5, 0.6) is 5.75 Å². The van der Waals surface area contributed by atoms with Gasteiger partial charge in [0.2, 0.25) is 14.7 Å². The predicted octanol–water partition coefficient (Wildman–Crippen LogP) is 11.7. The number of phenolic OH excluding ortho intramolecular Hbond substituents is 1. The molecule has 0 aromatic heterocycles. The highest BCUT2D eigenvalue weighted by Gasteiger charge is 2.52. The van der Waals surface area contributed by atoms with Gasteiger partial charge in [-0.1, -0.05) is 114 Å². The minimum atomic E-state index is -3.71. The number of hydrogen-bond acceptors (Lipinski definition) is 5. The van der Waals surface area contributed by atoms with Gasteiger partial charge in [-0.25, -0.2) is 0 Å². The van der Waals surface area contributed by atoms with Gasteiger partial charge in [-0.3, -0.25) is 9.13 Å². The molecule has 0 aliphatic rings. The zero-order chi connectivity index (χ0) is 34.8. The zero-order valence-corrected chi connectivity index (χ0v) is 34.1. The highest BCUT2D eigenvalue weighted by molar-refractivity contribution is 7.77. The summed E-state index contributed by atoms with van der Waals surface area (Å²) in [7, 11) is -12.3. The third-order valence-corrected chi connectivity index (χ3v) is 20.5. The van der Waals surface area contributed by atoms with Gasteiger partial charge in [0.25, 0.3) is 0 Å². The van der Waals surface area contributed by atoms with Crippen LogP contribution in [-0.2, 0) is 41.2 Å². The largest absolute Gasteiger partial charge is 0.507 e. The lowest BCUT2D eigenvalue weighted by atomic mass is 9.78. The van der Waals surface area contributed by atoms with E-state index in [1.165, 1.54) is 0 Å². The van der Waals surface area contributed by atoms with E-state index in [2.05, 4.69) is 41.5 Å². The number of rotatable bonds is 13. The Bertz CT molecular complexity index is 1430. The van der Waals surface area contributed by atoms with Crippen molar-refractivity contribution in [1.82, 2.24) is 0 Å². The van der Waals surface area contributed by atoms with Crippen molar-refractivity contribution in [2.75, 3.05) is 12.3 Å². The topological polar surface area (TPSA) is 72.8 Å². The summed E-state index contributed by atoms with van der Waals surface area (Å²) in [6, 6.07) is 23.9. The van der Waals surface area contributed by atoms with Gasteiger partial charge in [0.05, 0.1) is 0 Å². The van der Waals surface area contributed by atoms with Crippen LogP contribution < -0.4 is 0 Å². The quantitative estimate of drug-likeness (QED) is 0.142. The molecule has 2 atom stereocenters. The summed E-state index contributed by atoms with van der Waals surface area (Å²) < 4.78 is 45.6. The van der Waals surface area contributed by atoms with Crippen LogP contribution >= 0.6 is 14.7 Å². The van der Waals surface area contributed by atoms with Crippen LogP contribution in [0.1, 0.15) is 74.8 Å². The van der Waals surface area contributed by atoms with E-state index in [9.17, 15) is 5.11 Å². The molecule has 0 aliphatic heterocycles. The van der Waals surface area contributed by atoms with Gasteiger partial charge in [0, 0.05) is 12.3 Å². The molecular formula is C37H58O5P2Si2. The minimum absolute atomic E-state index is 0.234. The predicted molar refractivity (Wildman–Crippen MR) is 202 cm³/mol. The fourth-order valence-electron chi connectivity index (χ4n) is 5.89. The first-order chi connectivity index (χ1) is 20.9. The van der Waals surface area contributed by atoms with Crippen molar-refractivity contribution in [2.24, 2.45) is 0 Å². The number of aryl methyl sites for hydroxylation is 2. The van der Waals surface area contributed by atoms with Crippen molar-refractivity contribution in [1.29, 1.82) is 0 Å². The second kappa shape index (κ2) is 14.4. The first-order valence-corrected chi connectivity index (χ1v) is 27.1. The lowest BCUT2D eigenvalue weighted by molar-refractivity contribution is 0.421.